The maximum atomic E-state index is 14.0. The van der Waals surface area contributed by atoms with Crippen molar-refractivity contribution in [3.63, 3.8) is 0 Å². The minimum absolute atomic E-state index is 0.0102. The number of amides is 2. The highest BCUT2D eigenvalue weighted by molar-refractivity contribution is 7.92. The molecule has 1 aliphatic carbocycles. The van der Waals surface area contributed by atoms with E-state index >= 15 is 0 Å². The fourth-order valence-electron chi connectivity index (χ4n) is 4.82. The molecule has 1 atom stereocenters. The van der Waals surface area contributed by atoms with Gasteiger partial charge in [0.15, 0.2) is 0 Å². The summed E-state index contributed by atoms with van der Waals surface area (Å²) in [6.07, 6.45) is 3.88. The van der Waals surface area contributed by atoms with Crippen LogP contribution in [0.5, 0.6) is 5.75 Å². The minimum atomic E-state index is -4.19. The summed E-state index contributed by atoms with van der Waals surface area (Å²) < 4.78 is 34.0. The summed E-state index contributed by atoms with van der Waals surface area (Å²) >= 11 is 12.4. The van der Waals surface area contributed by atoms with Crippen LogP contribution < -0.4 is 14.4 Å². The summed E-state index contributed by atoms with van der Waals surface area (Å²) in [5.41, 5.74) is 0.927. The standard InChI is InChI=1S/C30H33Cl2N3O5S/c1-21(30(37)33-24-8-6-7-9-24)34(19-22-12-14-23(31)15-13-22)29(36)20-35(25-16-17-28(40-2)27(32)18-25)41(38,39)26-10-4-3-5-11-26/h3-5,10-18,21,24H,6-9,19-20H2,1-2H3,(H,33,37). The molecule has 0 spiro atoms. The van der Waals surface area contributed by atoms with E-state index in [2.05, 4.69) is 5.32 Å². The zero-order chi connectivity index (χ0) is 29.6. The van der Waals surface area contributed by atoms with Crippen LogP contribution in [0.2, 0.25) is 10.0 Å². The zero-order valence-electron chi connectivity index (χ0n) is 22.9. The molecular weight excluding hydrogens is 585 g/mol. The lowest BCUT2D eigenvalue weighted by Gasteiger charge is -2.32. The molecule has 0 radical (unpaired) electrons. The molecule has 1 unspecified atom stereocenters. The third kappa shape index (κ3) is 7.52. The Balaban J connectivity index is 1.70. The van der Waals surface area contributed by atoms with E-state index in [9.17, 15) is 18.0 Å². The molecule has 1 aliphatic rings. The second-order valence-corrected chi connectivity index (χ2v) is 12.7. The van der Waals surface area contributed by atoms with Gasteiger partial charge in [0, 0.05) is 17.6 Å². The van der Waals surface area contributed by atoms with E-state index in [4.69, 9.17) is 27.9 Å². The molecule has 41 heavy (non-hydrogen) atoms. The maximum absolute atomic E-state index is 14.0. The molecule has 11 heteroatoms. The predicted octanol–water partition coefficient (Wildman–Crippen LogP) is 5.67. The first-order chi connectivity index (χ1) is 19.6. The van der Waals surface area contributed by atoms with Gasteiger partial charge in [0.25, 0.3) is 10.0 Å². The van der Waals surface area contributed by atoms with Gasteiger partial charge in [0.05, 0.1) is 22.7 Å². The fourth-order valence-corrected chi connectivity index (χ4v) is 6.62. The number of nitrogens with zero attached hydrogens (tertiary/aromatic N) is 2. The Kier molecular flexibility index (Phi) is 10.2. The lowest BCUT2D eigenvalue weighted by Crippen LogP contribution is -2.52. The number of anilines is 1. The predicted molar refractivity (Wildman–Crippen MR) is 161 cm³/mol. The number of halogens is 2. The van der Waals surface area contributed by atoms with Crippen LogP contribution in [-0.2, 0) is 26.2 Å². The summed E-state index contributed by atoms with van der Waals surface area (Å²) in [5.74, 6) is -0.481. The van der Waals surface area contributed by atoms with Crippen LogP contribution in [0.4, 0.5) is 5.69 Å². The van der Waals surface area contributed by atoms with Crippen molar-refractivity contribution in [3.05, 3.63) is 88.4 Å². The van der Waals surface area contributed by atoms with Gasteiger partial charge < -0.3 is 15.0 Å². The average molecular weight is 619 g/mol. The number of carbonyl (C=O) groups is 2. The van der Waals surface area contributed by atoms with Crippen molar-refractivity contribution in [1.29, 1.82) is 0 Å². The van der Waals surface area contributed by atoms with Crippen molar-refractivity contribution >= 4 is 50.7 Å². The van der Waals surface area contributed by atoms with E-state index in [-0.39, 0.29) is 34.1 Å². The number of hydrogen-bond donors (Lipinski definition) is 1. The zero-order valence-corrected chi connectivity index (χ0v) is 25.3. The highest BCUT2D eigenvalue weighted by Gasteiger charge is 2.33. The van der Waals surface area contributed by atoms with E-state index in [1.807, 2.05) is 0 Å². The topological polar surface area (TPSA) is 96.0 Å². The number of rotatable bonds is 11. The lowest BCUT2D eigenvalue weighted by atomic mass is 10.1. The molecule has 4 rings (SSSR count). The third-order valence-electron chi connectivity index (χ3n) is 7.17. The SMILES string of the molecule is COc1ccc(N(CC(=O)N(Cc2ccc(Cl)cc2)C(C)C(=O)NC2CCCC2)S(=O)(=O)c2ccccc2)cc1Cl. The van der Waals surface area contributed by atoms with Crippen molar-refractivity contribution in [2.75, 3.05) is 18.0 Å². The van der Waals surface area contributed by atoms with Crippen molar-refractivity contribution in [1.82, 2.24) is 10.2 Å². The number of nitrogens with one attached hydrogen (secondary N) is 1. The summed E-state index contributed by atoms with van der Waals surface area (Å²) in [5, 5.41) is 3.78. The Morgan fingerprint density at radius 3 is 2.27 bits per heavy atom. The summed E-state index contributed by atoms with van der Waals surface area (Å²) in [6.45, 7) is 1.17. The van der Waals surface area contributed by atoms with Crippen LogP contribution in [0.15, 0.2) is 77.7 Å². The Morgan fingerprint density at radius 2 is 1.66 bits per heavy atom. The number of carbonyl (C=O) groups excluding carboxylic acids is 2. The second-order valence-electron chi connectivity index (χ2n) is 9.96. The van der Waals surface area contributed by atoms with Gasteiger partial charge in [0.1, 0.15) is 18.3 Å². The van der Waals surface area contributed by atoms with Gasteiger partial charge in [-0.2, -0.15) is 0 Å². The lowest BCUT2D eigenvalue weighted by molar-refractivity contribution is -0.139. The smallest absolute Gasteiger partial charge is 0.264 e. The van der Waals surface area contributed by atoms with Crippen LogP contribution in [0.1, 0.15) is 38.2 Å². The van der Waals surface area contributed by atoms with Crippen molar-refractivity contribution < 1.29 is 22.7 Å². The first-order valence-corrected chi connectivity index (χ1v) is 15.6. The molecule has 8 nitrogen and oxygen atoms in total. The normalized spacial score (nSPS) is 14.3. The maximum Gasteiger partial charge on any atom is 0.264 e. The van der Waals surface area contributed by atoms with Crippen molar-refractivity contribution in [2.45, 2.75) is 56.1 Å². The van der Waals surface area contributed by atoms with Gasteiger partial charge in [-0.3, -0.25) is 13.9 Å². The number of benzene rings is 3. The van der Waals surface area contributed by atoms with Gasteiger partial charge in [-0.05, 0) is 67.8 Å². The Morgan fingerprint density at radius 1 is 1.00 bits per heavy atom. The van der Waals surface area contributed by atoms with Crippen LogP contribution >= 0.6 is 23.2 Å². The number of methoxy groups -OCH3 is 1. The highest BCUT2D eigenvalue weighted by Crippen LogP contribution is 2.32. The van der Waals surface area contributed by atoms with Gasteiger partial charge in [-0.15, -0.1) is 0 Å². The first-order valence-electron chi connectivity index (χ1n) is 13.4. The van der Waals surface area contributed by atoms with Crippen LogP contribution in [0, 0.1) is 0 Å². The Labute approximate surface area is 251 Å². The second kappa shape index (κ2) is 13.6. The molecular formula is C30H33Cl2N3O5S. The summed E-state index contributed by atoms with van der Waals surface area (Å²) in [6, 6.07) is 18.5. The molecule has 3 aromatic carbocycles. The average Bonchev–Trinajstić information content (AvgIpc) is 3.48. The molecule has 0 aromatic heterocycles. The Bertz CT molecular complexity index is 1460. The van der Waals surface area contributed by atoms with E-state index in [1.54, 1.807) is 55.5 Å². The van der Waals surface area contributed by atoms with Crippen molar-refractivity contribution in [2.24, 2.45) is 0 Å². The van der Waals surface area contributed by atoms with E-state index in [0.717, 1.165) is 35.6 Å². The van der Waals surface area contributed by atoms with E-state index in [0.29, 0.717) is 10.8 Å². The molecule has 2 amide bonds. The van der Waals surface area contributed by atoms with Crippen LogP contribution in [0.3, 0.4) is 0 Å². The largest absolute Gasteiger partial charge is 0.495 e. The van der Waals surface area contributed by atoms with E-state index < -0.39 is 28.5 Å². The Hall–Kier alpha value is -3.27. The molecule has 0 saturated heterocycles. The third-order valence-corrected chi connectivity index (χ3v) is 9.50. The molecule has 1 N–H and O–H groups in total. The first kappa shape index (κ1) is 30.7. The minimum Gasteiger partial charge on any atom is -0.495 e. The van der Waals surface area contributed by atoms with Crippen molar-refractivity contribution in [3.8, 4) is 5.75 Å². The summed E-state index contributed by atoms with van der Waals surface area (Å²) in [7, 11) is -2.74. The summed E-state index contributed by atoms with van der Waals surface area (Å²) in [4.78, 5) is 28.7. The monoisotopic (exact) mass is 617 g/mol. The highest BCUT2D eigenvalue weighted by atomic mass is 35.5. The van der Waals surface area contributed by atoms with Crippen LogP contribution in [-0.4, -0.2) is 50.9 Å². The number of hydrogen-bond acceptors (Lipinski definition) is 5. The fraction of sp³-hybridized carbons (Fsp3) is 0.333. The number of sulfonamides is 1. The molecule has 0 aliphatic heterocycles. The van der Waals surface area contributed by atoms with Gasteiger partial charge >= 0.3 is 0 Å². The molecule has 1 saturated carbocycles. The van der Waals surface area contributed by atoms with Gasteiger partial charge in [-0.25, -0.2) is 8.42 Å². The molecule has 0 bridgehead atoms. The van der Waals surface area contributed by atoms with Crippen LogP contribution in [0.25, 0.3) is 0 Å². The van der Waals surface area contributed by atoms with Gasteiger partial charge in [-0.1, -0.05) is 66.4 Å². The number of ether oxygens (including phenoxy) is 1. The molecule has 218 valence electrons. The van der Waals surface area contributed by atoms with E-state index in [1.165, 1.54) is 36.3 Å². The quantitative estimate of drug-likeness (QED) is 0.299. The molecule has 0 heterocycles. The molecule has 1 fully saturated rings. The van der Waals surface area contributed by atoms with Gasteiger partial charge in [0.2, 0.25) is 11.8 Å². The molecule has 3 aromatic rings.